The molecule has 0 unspecified atom stereocenters. The third-order valence-electron chi connectivity index (χ3n) is 3.01. The van der Waals surface area contributed by atoms with Gasteiger partial charge in [0.2, 0.25) is 0 Å². The van der Waals surface area contributed by atoms with Crippen molar-refractivity contribution < 1.29 is 23.5 Å². The zero-order valence-corrected chi connectivity index (χ0v) is 14.3. The Balaban J connectivity index is 2.05. The molecule has 6 heteroatoms. The minimum absolute atomic E-state index is 0.260. The maximum Gasteiger partial charge on any atom is 0.344 e. The van der Waals surface area contributed by atoms with Gasteiger partial charge in [0.05, 0.1) is 11.3 Å². The molecule has 0 aliphatic carbocycles. The molecule has 2 aromatic rings. The lowest BCUT2D eigenvalue weighted by atomic mass is 10.1. The molecule has 25 heavy (non-hydrogen) atoms. The van der Waals surface area contributed by atoms with Crippen LogP contribution in [0.25, 0.3) is 0 Å². The van der Waals surface area contributed by atoms with Gasteiger partial charge in [0.25, 0.3) is 0 Å². The van der Waals surface area contributed by atoms with Crippen LogP contribution in [0.4, 0.5) is 15.8 Å². The summed E-state index contributed by atoms with van der Waals surface area (Å²) in [4.78, 5) is 23.9. The molecule has 132 valence electrons. The summed E-state index contributed by atoms with van der Waals surface area (Å²) in [6.07, 6.45) is 0. The van der Waals surface area contributed by atoms with Crippen molar-refractivity contribution in [2.24, 2.45) is 0 Å². The lowest BCUT2D eigenvalue weighted by Crippen LogP contribution is -2.27. The van der Waals surface area contributed by atoms with Gasteiger partial charge in [0.15, 0.2) is 6.61 Å². The van der Waals surface area contributed by atoms with Crippen LogP contribution in [0.5, 0.6) is 0 Å². The molecule has 2 aromatic carbocycles. The molecule has 0 aromatic heterocycles. The van der Waals surface area contributed by atoms with Crippen LogP contribution in [0.1, 0.15) is 31.1 Å². The van der Waals surface area contributed by atoms with E-state index in [0.29, 0.717) is 11.4 Å². The lowest BCUT2D eigenvalue weighted by molar-refractivity contribution is -0.158. The van der Waals surface area contributed by atoms with Gasteiger partial charge < -0.3 is 14.8 Å². The summed E-state index contributed by atoms with van der Waals surface area (Å²) in [5.41, 5.74) is 0.721. The number of carbonyl (C=O) groups excluding carboxylic acids is 2. The van der Waals surface area contributed by atoms with E-state index in [1.54, 1.807) is 57.2 Å². The van der Waals surface area contributed by atoms with Crippen LogP contribution >= 0.6 is 0 Å². The number of anilines is 2. The predicted octanol–water partition coefficient (Wildman–Crippen LogP) is 4.07. The molecular formula is C19H20FNO4. The number of ether oxygens (including phenoxy) is 2. The van der Waals surface area contributed by atoms with Crippen molar-refractivity contribution in [1.29, 1.82) is 0 Å². The second-order valence-corrected chi connectivity index (χ2v) is 6.34. The summed E-state index contributed by atoms with van der Waals surface area (Å²) in [5, 5.41) is 3.02. The standard InChI is InChI=1S/C19H20FNO4/c1-19(2,3)25-17(22)12-24-18(23)15-6-4-5-7-16(15)21-14-10-8-13(20)9-11-14/h4-11,21H,12H2,1-3H3. The summed E-state index contributed by atoms with van der Waals surface area (Å²) < 4.78 is 23.1. The fraction of sp³-hybridized carbons (Fsp3) is 0.263. The normalized spacial score (nSPS) is 10.9. The van der Waals surface area contributed by atoms with E-state index in [2.05, 4.69) is 5.32 Å². The van der Waals surface area contributed by atoms with Crippen molar-refractivity contribution in [3.05, 3.63) is 59.9 Å². The molecule has 0 fully saturated rings. The van der Waals surface area contributed by atoms with Gasteiger partial charge in [0.1, 0.15) is 11.4 Å². The highest BCUT2D eigenvalue weighted by atomic mass is 19.1. The average Bonchev–Trinajstić information content (AvgIpc) is 2.54. The van der Waals surface area contributed by atoms with Gasteiger partial charge in [-0.2, -0.15) is 0 Å². The van der Waals surface area contributed by atoms with Gasteiger partial charge in [-0.05, 0) is 57.2 Å². The average molecular weight is 345 g/mol. The van der Waals surface area contributed by atoms with E-state index < -0.39 is 24.1 Å². The van der Waals surface area contributed by atoms with E-state index >= 15 is 0 Å². The molecule has 5 nitrogen and oxygen atoms in total. The molecule has 1 N–H and O–H groups in total. The summed E-state index contributed by atoms with van der Waals surface area (Å²) in [6.45, 7) is 4.72. The molecule has 0 heterocycles. The Morgan fingerprint density at radius 2 is 1.68 bits per heavy atom. The molecule has 0 amide bonds. The Morgan fingerprint density at radius 3 is 2.32 bits per heavy atom. The molecule has 0 saturated heterocycles. The Labute approximate surface area is 145 Å². The van der Waals surface area contributed by atoms with Crippen molar-refractivity contribution in [2.45, 2.75) is 26.4 Å². The number of hydrogen-bond donors (Lipinski definition) is 1. The van der Waals surface area contributed by atoms with Crippen LogP contribution in [-0.4, -0.2) is 24.1 Å². The minimum atomic E-state index is -0.656. The molecular weight excluding hydrogens is 325 g/mol. The van der Waals surface area contributed by atoms with Crippen LogP contribution in [-0.2, 0) is 14.3 Å². The fourth-order valence-electron chi connectivity index (χ4n) is 2.03. The monoisotopic (exact) mass is 345 g/mol. The van der Waals surface area contributed by atoms with Gasteiger partial charge >= 0.3 is 11.9 Å². The zero-order valence-electron chi connectivity index (χ0n) is 14.3. The Bertz CT molecular complexity index is 751. The Kier molecular flexibility index (Phi) is 5.75. The summed E-state index contributed by atoms with van der Waals surface area (Å²) in [6, 6.07) is 12.4. The number of rotatable bonds is 5. The van der Waals surface area contributed by atoms with E-state index in [4.69, 9.17) is 9.47 Å². The smallest absolute Gasteiger partial charge is 0.344 e. The quantitative estimate of drug-likeness (QED) is 0.828. The van der Waals surface area contributed by atoms with Crippen LogP contribution < -0.4 is 5.32 Å². The first-order valence-electron chi connectivity index (χ1n) is 7.75. The van der Waals surface area contributed by atoms with Crippen molar-refractivity contribution >= 4 is 23.3 Å². The number of para-hydroxylation sites is 1. The second-order valence-electron chi connectivity index (χ2n) is 6.34. The highest BCUT2D eigenvalue weighted by Gasteiger charge is 2.19. The number of esters is 2. The Morgan fingerprint density at radius 1 is 1.04 bits per heavy atom. The van der Waals surface area contributed by atoms with E-state index in [9.17, 15) is 14.0 Å². The summed E-state index contributed by atoms with van der Waals surface area (Å²) in [5.74, 6) is -1.63. The zero-order chi connectivity index (χ0) is 18.4. The van der Waals surface area contributed by atoms with Crippen LogP contribution in [0, 0.1) is 5.82 Å². The lowest BCUT2D eigenvalue weighted by Gasteiger charge is -2.19. The van der Waals surface area contributed by atoms with Crippen molar-refractivity contribution in [2.75, 3.05) is 11.9 Å². The molecule has 0 radical (unpaired) electrons. The maximum atomic E-state index is 13.0. The number of benzene rings is 2. The fourth-order valence-corrected chi connectivity index (χ4v) is 2.03. The van der Waals surface area contributed by atoms with E-state index in [0.717, 1.165) is 0 Å². The molecule has 0 saturated carbocycles. The van der Waals surface area contributed by atoms with Gasteiger partial charge in [-0.3, -0.25) is 0 Å². The summed E-state index contributed by atoms with van der Waals surface area (Å²) >= 11 is 0. The number of carbonyl (C=O) groups is 2. The van der Waals surface area contributed by atoms with Gasteiger partial charge in [-0.25, -0.2) is 14.0 Å². The van der Waals surface area contributed by atoms with E-state index in [-0.39, 0.29) is 11.4 Å². The van der Waals surface area contributed by atoms with Crippen LogP contribution in [0.15, 0.2) is 48.5 Å². The van der Waals surface area contributed by atoms with Crippen LogP contribution in [0.3, 0.4) is 0 Å². The van der Waals surface area contributed by atoms with Crippen LogP contribution in [0.2, 0.25) is 0 Å². The first kappa shape index (κ1) is 18.4. The van der Waals surface area contributed by atoms with Crippen molar-refractivity contribution in [1.82, 2.24) is 0 Å². The van der Waals surface area contributed by atoms with Gasteiger partial charge in [-0.1, -0.05) is 12.1 Å². The summed E-state index contributed by atoms with van der Waals surface area (Å²) in [7, 11) is 0. The third-order valence-corrected chi connectivity index (χ3v) is 3.01. The minimum Gasteiger partial charge on any atom is -0.457 e. The first-order chi connectivity index (χ1) is 11.7. The number of halogens is 1. The predicted molar refractivity (Wildman–Crippen MR) is 92.3 cm³/mol. The molecule has 0 bridgehead atoms. The molecule has 0 atom stereocenters. The second kappa shape index (κ2) is 7.79. The number of hydrogen-bond acceptors (Lipinski definition) is 5. The highest BCUT2D eigenvalue weighted by Crippen LogP contribution is 2.22. The number of nitrogens with one attached hydrogen (secondary N) is 1. The molecule has 2 rings (SSSR count). The first-order valence-corrected chi connectivity index (χ1v) is 7.75. The van der Waals surface area contributed by atoms with Crippen molar-refractivity contribution in [3.8, 4) is 0 Å². The largest absolute Gasteiger partial charge is 0.457 e. The van der Waals surface area contributed by atoms with E-state index in [1.165, 1.54) is 12.1 Å². The topological polar surface area (TPSA) is 64.6 Å². The Hall–Kier alpha value is -2.89. The SMILES string of the molecule is CC(C)(C)OC(=O)COC(=O)c1ccccc1Nc1ccc(F)cc1. The van der Waals surface area contributed by atoms with Gasteiger partial charge in [-0.15, -0.1) is 0 Å². The molecule has 0 aliphatic heterocycles. The van der Waals surface area contributed by atoms with Gasteiger partial charge in [0, 0.05) is 5.69 Å². The maximum absolute atomic E-state index is 13.0. The molecule has 0 spiro atoms. The van der Waals surface area contributed by atoms with E-state index in [1.807, 2.05) is 0 Å². The van der Waals surface area contributed by atoms with Crippen molar-refractivity contribution in [3.63, 3.8) is 0 Å². The molecule has 0 aliphatic rings. The highest BCUT2D eigenvalue weighted by molar-refractivity contribution is 5.97. The third kappa shape index (κ3) is 5.91.